The Morgan fingerprint density at radius 1 is 1.11 bits per heavy atom. The van der Waals surface area contributed by atoms with E-state index < -0.39 is 65.7 Å². The van der Waals surface area contributed by atoms with Gasteiger partial charge in [-0.15, -0.1) is 0 Å². The van der Waals surface area contributed by atoms with Gasteiger partial charge >= 0.3 is 12.1 Å². The molecule has 266 valence electrons. The second-order valence-electron chi connectivity index (χ2n) is 14.5. The summed E-state index contributed by atoms with van der Waals surface area (Å²) in [5.74, 6) is -3.04. The van der Waals surface area contributed by atoms with E-state index in [9.17, 15) is 19.5 Å². The number of carbonyl (C=O) groups is 3. The molecule has 3 saturated heterocycles. The number of Topliss-reactive ketones (excluding diaryl/α,β-unsaturated/α-hetero) is 1. The minimum absolute atomic E-state index is 0.171. The Balaban J connectivity index is 2.02. The number of aliphatic hydroxyl groups excluding tert-OH is 1. The van der Waals surface area contributed by atoms with Crippen molar-refractivity contribution in [3.8, 4) is 0 Å². The van der Waals surface area contributed by atoms with Gasteiger partial charge < -0.3 is 48.8 Å². The van der Waals surface area contributed by atoms with Crippen molar-refractivity contribution in [3.05, 3.63) is 0 Å². The number of aliphatic hydroxyl groups is 1. The lowest BCUT2D eigenvalue weighted by atomic mass is 9.80. The molecule has 3 aliphatic heterocycles. The van der Waals surface area contributed by atoms with E-state index in [2.05, 4.69) is 10.2 Å². The molecule has 46 heavy (non-hydrogen) atoms. The molecule has 0 aliphatic carbocycles. The number of likely N-dealkylation sites (N-methyl/N-ethyl adjacent to an activating group) is 3. The number of carbonyl (C=O) groups excluding carboxylic acids is 3. The maximum absolute atomic E-state index is 14.1. The van der Waals surface area contributed by atoms with Crippen LogP contribution in [-0.4, -0.2) is 153 Å². The van der Waals surface area contributed by atoms with Crippen LogP contribution in [0, 0.1) is 11.8 Å². The molecule has 3 fully saturated rings. The second kappa shape index (κ2) is 15.6. The normalized spacial score (nSPS) is 42.2. The van der Waals surface area contributed by atoms with Crippen LogP contribution in [0.4, 0.5) is 4.79 Å². The molecule has 12 atom stereocenters. The highest BCUT2D eigenvalue weighted by Crippen LogP contribution is 2.37. The summed E-state index contributed by atoms with van der Waals surface area (Å²) in [4.78, 5) is 46.4. The maximum atomic E-state index is 14.1. The molecular formula is C33H60N4O9. The van der Waals surface area contributed by atoms with Gasteiger partial charge in [-0.05, 0) is 95.2 Å². The number of nitrogens with zero attached hydrogens (tertiary/aromatic N) is 3. The number of fused-ring (bicyclic) bond motifs is 1. The van der Waals surface area contributed by atoms with Crippen LogP contribution in [0.15, 0.2) is 0 Å². The first-order chi connectivity index (χ1) is 21.4. The standard InChI is InChI=1S/C33H60N4O9/c1-13-24-33(6)27(34-31(41)46-33)21(4)37(11)16-14-15-32(5,42-12)28(19(2)25(38)20(3)29(40)44-24)45-30-26(39)23(36(9)10)17-22(43-30)18-35(7)8/h19-24,26-28,30,39H,13-18H2,1-12H3,(H,34,41)/t19-,20?,21+,22?,23?,24+,26?,27+,28+,30?,32+,33+/m0/s1. The van der Waals surface area contributed by atoms with Crippen molar-refractivity contribution in [1.29, 1.82) is 0 Å². The lowest BCUT2D eigenvalue weighted by molar-refractivity contribution is -0.297. The molecule has 13 heteroatoms. The largest absolute Gasteiger partial charge is 0.458 e. The summed E-state index contributed by atoms with van der Waals surface area (Å²) in [6.45, 7) is 12.1. The van der Waals surface area contributed by atoms with Crippen LogP contribution in [0.2, 0.25) is 0 Å². The number of rotatable bonds is 7. The van der Waals surface area contributed by atoms with Crippen molar-refractivity contribution in [2.75, 3.05) is 55.4 Å². The third kappa shape index (κ3) is 8.22. The Hall–Kier alpha value is -1.87. The third-order valence-corrected chi connectivity index (χ3v) is 10.6. The van der Waals surface area contributed by atoms with E-state index in [4.69, 9.17) is 23.7 Å². The minimum atomic E-state index is -1.14. The zero-order valence-electron chi connectivity index (χ0n) is 30.1. The van der Waals surface area contributed by atoms with Crippen LogP contribution >= 0.6 is 0 Å². The fourth-order valence-corrected chi connectivity index (χ4v) is 7.44. The highest BCUT2D eigenvalue weighted by atomic mass is 16.7. The summed E-state index contributed by atoms with van der Waals surface area (Å²) in [6.07, 6.45) is -2.27. The Kier molecular flexibility index (Phi) is 13.1. The predicted octanol–water partition coefficient (Wildman–Crippen LogP) is 1.89. The van der Waals surface area contributed by atoms with Gasteiger partial charge in [0.25, 0.3) is 0 Å². The first kappa shape index (κ1) is 38.6. The van der Waals surface area contributed by atoms with Gasteiger partial charge in [-0.3, -0.25) is 9.59 Å². The smallest absolute Gasteiger partial charge is 0.408 e. The number of hydrogen-bond acceptors (Lipinski definition) is 12. The first-order valence-electron chi connectivity index (χ1n) is 16.7. The van der Waals surface area contributed by atoms with Crippen molar-refractivity contribution in [2.45, 2.75) is 127 Å². The Morgan fingerprint density at radius 2 is 1.76 bits per heavy atom. The van der Waals surface area contributed by atoms with Crippen molar-refractivity contribution in [3.63, 3.8) is 0 Å². The summed E-state index contributed by atoms with van der Waals surface area (Å²) >= 11 is 0. The molecule has 3 aliphatic rings. The molecule has 1 amide bonds. The molecule has 0 aromatic heterocycles. The van der Waals surface area contributed by atoms with E-state index in [0.29, 0.717) is 38.8 Å². The molecule has 3 rings (SSSR count). The third-order valence-electron chi connectivity index (χ3n) is 10.6. The molecule has 0 spiro atoms. The number of amides is 1. The number of nitrogens with one attached hydrogen (secondary N) is 1. The molecule has 3 heterocycles. The summed E-state index contributed by atoms with van der Waals surface area (Å²) in [7, 11) is 11.3. The lowest BCUT2D eigenvalue weighted by Crippen LogP contribution is -2.60. The highest BCUT2D eigenvalue weighted by molar-refractivity contribution is 6.00. The average Bonchev–Trinajstić information content (AvgIpc) is 3.31. The molecule has 0 aromatic rings. The van der Waals surface area contributed by atoms with Gasteiger partial charge in [0, 0.05) is 31.7 Å². The van der Waals surface area contributed by atoms with E-state index in [1.165, 1.54) is 6.92 Å². The molecule has 5 unspecified atom stereocenters. The van der Waals surface area contributed by atoms with Crippen LogP contribution in [0.5, 0.6) is 0 Å². The van der Waals surface area contributed by atoms with E-state index in [1.807, 2.05) is 65.8 Å². The molecule has 0 aromatic carbocycles. The van der Waals surface area contributed by atoms with E-state index in [0.717, 1.165) is 0 Å². The maximum Gasteiger partial charge on any atom is 0.408 e. The van der Waals surface area contributed by atoms with E-state index in [-0.39, 0.29) is 24.0 Å². The number of hydrogen-bond donors (Lipinski definition) is 2. The van der Waals surface area contributed by atoms with E-state index in [1.54, 1.807) is 21.0 Å². The molecule has 2 N–H and O–H groups in total. The fourth-order valence-electron chi connectivity index (χ4n) is 7.44. The number of methoxy groups -OCH3 is 1. The van der Waals surface area contributed by atoms with Gasteiger partial charge in [-0.25, -0.2) is 4.79 Å². The zero-order chi connectivity index (χ0) is 34.7. The average molecular weight is 657 g/mol. The minimum Gasteiger partial charge on any atom is -0.458 e. The van der Waals surface area contributed by atoms with Crippen molar-refractivity contribution >= 4 is 17.8 Å². The van der Waals surface area contributed by atoms with Gasteiger partial charge in [0.05, 0.1) is 23.9 Å². The van der Waals surface area contributed by atoms with Crippen molar-refractivity contribution < 1.29 is 43.2 Å². The quantitative estimate of drug-likeness (QED) is 0.306. The highest BCUT2D eigenvalue weighted by Gasteiger charge is 2.56. The van der Waals surface area contributed by atoms with Crippen LogP contribution < -0.4 is 5.32 Å². The topological polar surface area (TPSA) is 139 Å². The van der Waals surface area contributed by atoms with Crippen LogP contribution in [-0.2, 0) is 33.3 Å². The number of cyclic esters (lactones) is 1. The van der Waals surface area contributed by atoms with Gasteiger partial charge in [0.2, 0.25) is 0 Å². The summed E-state index contributed by atoms with van der Waals surface area (Å²) in [5, 5.41) is 14.4. The van der Waals surface area contributed by atoms with Crippen LogP contribution in [0.25, 0.3) is 0 Å². The lowest BCUT2D eigenvalue weighted by Gasteiger charge is -2.47. The number of ether oxygens (including phenoxy) is 5. The molecule has 0 saturated carbocycles. The number of esters is 1. The number of alkyl carbamates (subject to hydrolysis) is 1. The van der Waals surface area contributed by atoms with Gasteiger partial charge in [-0.2, -0.15) is 0 Å². The molecular weight excluding hydrogens is 596 g/mol. The van der Waals surface area contributed by atoms with Gasteiger partial charge in [0.1, 0.15) is 18.1 Å². The summed E-state index contributed by atoms with van der Waals surface area (Å²) < 4.78 is 31.0. The zero-order valence-corrected chi connectivity index (χ0v) is 30.1. The van der Waals surface area contributed by atoms with E-state index >= 15 is 0 Å². The Morgan fingerprint density at radius 3 is 2.33 bits per heavy atom. The van der Waals surface area contributed by atoms with Gasteiger partial charge in [-0.1, -0.05) is 13.8 Å². The Labute approximate surface area is 275 Å². The summed E-state index contributed by atoms with van der Waals surface area (Å²) in [5.41, 5.74) is -2.13. The molecule has 13 nitrogen and oxygen atoms in total. The molecule has 0 bridgehead atoms. The second-order valence-corrected chi connectivity index (χ2v) is 14.5. The summed E-state index contributed by atoms with van der Waals surface area (Å²) in [6, 6.07) is -0.868. The van der Waals surface area contributed by atoms with Crippen molar-refractivity contribution in [2.24, 2.45) is 11.8 Å². The number of ketones is 1. The predicted molar refractivity (Wildman–Crippen MR) is 172 cm³/mol. The monoisotopic (exact) mass is 656 g/mol. The SMILES string of the molecule is CC[C@H]1OC(=O)C(C)C(=O)[C@H](C)[C@@H](OC2OC(CN(C)C)CC(N(C)C)C2O)[C@](C)(OC)CCCN(C)[C@H](C)[C@H]2NC(=O)O[C@@]21C. The van der Waals surface area contributed by atoms with Crippen LogP contribution in [0.3, 0.4) is 0 Å². The van der Waals surface area contributed by atoms with Crippen molar-refractivity contribution in [1.82, 2.24) is 20.0 Å². The fraction of sp³-hybridized carbons (Fsp3) is 0.909. The Bertz CT molecular complexity index is 1060. The van der Waals surface area contributed by atoms with Gasteiger partial charge in [0.15, 0.2) is 17.7 Å². The first-order valence-corrected chi connectivity index (χ1v) is 16.7. The van der Waals surface area contributed by atoms with Crippen LogP contribution in [0.1, 0.15) is 67.2 Å². The molecule has 0 radical (unpaired) electrons.